The molecule has 0 aromatic heterocycles. The topological polar surface area (TPSA) is 32.3 Å². The summed E-state index contributed by atoms with van der Waals surface area (Å²) in [6.45, 7) is 5.44. The zero-order valence-electron chi connectivity index (χ0n) is 10.1. The Morgan fingerprint density at radius 3 is 2.65 bits per heavy atom. The van der Waals surface area contributed by atoms with Crippen molar-refractivity contribution in [3.05, 3.63) is 35.4 Å². The van der Waals surface area contributed by atoms with Crippen molar-refractivity contribution in [1.82, 2.24) is 10.2 Å². The van der Waals surface area contributed by atoms with Gasteiger partial charge in [-0.05, 0) is 37.9 Å². The molecule has 17 heavy (non-hydrogen) atoms. The van der Waals surface area contributed by atoms with Gasteiger partial charge >= 0.3 is 0 Å². The quantitative estimate of drug-likeness (QED) is 0.833. The van der Waals surface area contributed by atoms with E-state index in [9.17, 15) is 4.79 Å². The van der Waals surface area contributed by atoms with E-state index < -0.39 is 0 Å². The van der Waals surface area contributed by atoms with Crippen molar-refractivity contribution in [1.29, 1.82) is 0 Å². The molecule has 0 spiro atoms. The van der Waals surface area contributed by atoms with E-state index in [1.54, 1.807) is 0 Å². The van der Waals surface area contributed by atoms with Gasteiger partial charge in [-0.3, -0.25) is 4.79 Å². The number of nitrogens with zero attached hydrogens (tertiary/aromatic N) is 1. The summed E-state index contributed by atoms with van der Waals surface area (Å²) in [4.78, 5) is 14.5. The van der Waals surface area contributed by atoms with Gasteiger partial charge in [0.25, 0.3) is 5.91 Å². The molecule has 0 radical (unpaired) electrons. The number of hydrogen-bond acceptors (Lipinski definition) is 2. The van der Waals surface area contributed by atoms with Crippen molar-refractivity contribution < 1.29 is 4.79 Å². The van der Waals surface area contributed by atoms with Crippen LogP contribution in [0.1, 0.15) is 22.3 Å². The smallest absolute Gasteiger partial charge is 0.251 e. The van der Waals surface area contributed by atoms with Crippen LogP contribution in [0, 0.1) is 12.8 Å². The highest BCUT2D eigenvalue weighted by Gasteiger charge is 2.38. The van der Waals surface area contributed by atoms with E-state index in [0.717, 1.165) is 12.1 Å². The van der Waals surface area contributed by atoms with Crippen molar-refractivity contribution in [2.45, 2.75) is 19.4 Å². The zero-order chi connectivity index (χ0) is 11.8. The molecule has 2 aliphatic heterocycles. The van der Waals surface area contributed by atoms with Crippen LogP contribution in [-0.2, 0) is 0 Å². The molecule has 3 heteroatoms. The molecule has 0 aliphatic carbocycles. The van der Waals surface area contributed by atoms with Gasteiger partial charge in [-0.25, -0.2) is 0 Å². The third-order valence-corrected chi connectivity index (χ3v) is 3.96. The molecule has 90 valence electrons. The predicted molar refractivity (Wildman–Crippen MR) is 67.0 cm³/mol. The second-order valence-electron chi connectivity index (χ2n) is 5.25. The SMILES string of the molecule is Cc1ccc(C(=O)NC2CN3CCC2C3)cc1. The lowest BCUT2D eigenvalue weighted by Gasteiger charge is -2.23. The second-order valence-corrected chi connectivity index (χ2v) is 5.25. The van der Waals surface area contributed by atoms with E-state index in [1.807, 2.05) is 31.2 Å². The van der Waals surface area contributed by atoms with Gasteiger partial charge in [0, 0.05) is 24.7 Å². The van der Waals surface area contributed by atoms with E-state index in [4.69, 9.17) is 0 Å². The van der Waals surface area contributed by atoms with Crippen LogP contribution in [0.25, 0.3) is 0 Å². The van der Waals surface area contributed by atoms with E-state index in [-0.39, 0.29) is 5.91 Å². The molecule has 3 atom stereocenters. The second kappa shape index (κ2) is 4.15. The van der Waals surface area contributed by atoms with Crippen LogP contribution >= 0.6 is 0 Å². The largest absolute Gasteiger partial charge is 0.348 e. The number of nitrogens with one attached hydrogen (secondary N) is 1. The van der Waals surface area contributed by atoms with Crippen LogP contribution in [-0.4, -0.2) is 36.5 Å². The molecule has 3 unspecified atom stereocenters. The summed E-state index contributed by atoms with van der Waals surface area (Å²) < 4.78 is 0. The number of rotatable bonds is 2. The van der Waals surface area contributed by atoms with Gasteiger partial charge in [0.1, 0.15) is 0 Å². The summed E-state index contributed by atoms with van der Waals surface area (Å²) in [6, 6.07) is 8.13. The van der Waals surface area contributed by atoms with Crippen LogP contribution in [0.5, 0.6) is 0 Å². The number of benzene rings is 1. The number of fused-ring (bicyclic) bond motifs is 2. The predicted octanol–water partition coefficient (Wildman–Crippen LogP) is 1.43. The number of piperidine rings is 1. The Balaban J connectivity index is 1.65. The molecule has 3 rings (SSSR count). The fourth-order valence-corrected chi connectivity index (χ4v) is 2.90. The maximum absolute atomic E-state index is 12.1. The highest BCUT2D eigenvalue weighted by Crippen LogP contribution is 2.27. The maximum Gasteiger partial charge on any atom is 0.251 e. The van der Waals surface area contributed by atoms with Crippen LogP contribution in [0.3, 0.4) is 0 Å². The third kappa shape index (κ3) is 2.07. The van der Waals surface area contributed by atoms with Crippen molar-refractivity contribution >= 4 is 5.91 Å². The van der Waals surface area contributed by atoms with Crippen molar-refractivity contribution in [2.24, 2.45) is 5.92 Å². The minimum absolute atomic E-state index is 0.0729. The summed E-state index contributed by atoms with van der Waals surface area (Å²) in [5.41, 5.74) is 1.96. The van der Waals surface area contributed by atoms with E-state index in [1.165, 1.54) is 25.1 Å². The molecule has 2 bridgehead atoms. The summed E-state index contributed by atoms with van der Waals surface area (Å²) in [5.74, 6) is 0.744. The number of amides is 1. The average molecular weight is 230 g/mol. The molecule has 2 saturated heterocycles. The number of carbonyl (C=O) groups is 1. The molecule has 1 amide bonds. The molecular formula is C14H18N2O. The van der Waals surface area contributed by atoms with Crippen molar-refractivity contribution in [3.8, 4) is 0 Å². The van der Waals surface area contributed by atoms with Gasteiger partial charge < -0.3 is 10.2 Å². The van der Waals surface area contributed by atoms with Gasteiger partial charge in [-0.1, -0.05) is 17.7 Å². The van der Waals surface area contributed by atoms with Gasteiger partial charge in [0.2, 0.25) is 0 Å². The molecule has 3 nitrogen and oxygen atoms in total. The first-order valence-corrected chi connectivity index (χ1v) is 6.32. The number of aryl methyl sites for hydroxylation is 1. The van der Waals surface area contributed by atoms with Crippen LogP contribution in [0.15, 0.2) is 24.3 Å². The van der Waals surface area contributed by atoms with Gasteiger partial charge in [-0.15, -0.1) is 0 Å². The Morgan fingerprint density at radius 2 is 2.06 bits per heavy atom. The van der Waals surface area contributed by atoms with Crippen LogP contribution in [0.4, 0.5) is 0 Å². The van der Waals surface area contributed by atoms with E-state index >= 15 is 0 Å². The highest BCUT2D eigenvalue weighted by molar-refractivity contribution is 5.94. The van der Waals surface area contributed by atoms with Crippen molar-refractivity contribution in [2.75, 3.05) is 19.6 Å². The minimum atomic E-state index is 0.0729. The molecule has 0 saturated carbocycles. The van der Waals surface area contributed by atoms with E-state index in [2.05, 4.69) is 10.2 Å². The Hall–Kier alpha value is -1.35. The normalized spacial score (nSPS) is 30.5. The molecule has 2 aliphatic rings. The Labute approximate surface area is 102 Å². The Kier molecular flexibility index (Phi) is 2.63. The Bertz CT molecular complexity index is 426. The zero-order valence-corrected chi connectivity index (χ0v) is 10.1. The van der Waals surface area contributed by atoms with Crippen molar-refractivity contribution in [3.63, 3.8) is 0 Å². The van der Waals surface area contributed by atoms with Crippen LogP contribution < -0.4 is 5.32 Å². The summed E-state index contributed by atoms with van der Waals surface area (Å²) in [5, 5.41) is 3.17. The van der Waals surface area contributed by atoms with E-state index in [0.29, 0.717) is 12.0 Å². The van der Waals surface area contributed by atoms with Gasteiger partial charge in [0.05, 0.1) is 0 Å². The highest BCUT2D eigenvalue weighted by atomic mass is 16.1. The molecule has 1 aromatic carbocycles. The third-order valence-electron chi connectivity index (χ3n) is 3.96. The Morgan fingerprint density at radius 1 is 1.29 bits per heavy atom. The first-order valence-electron chi connectivity index (χ1n) is 6.32. The van der Waals surface area contributed by atoms with Crippen LogP contribution in [0.2, 0.25) is 0 Å². The van der Waals surface area contributed by atoms with Gasteiger partial charge in [-0.2, -0.15) is 0 Å². The fourth-order valence-electron chi connectivity index (χ4n) is 2.90. The molecule has 2 heterocycles. The standard InChI is InChI=1S/C14H18N2O/c1-10-2-4-11(5-3-10)14(17)15-13-9-16-7-6-12(13)8-16/h2-5,12-13H,6-9H2,1H3,(H,15,17). The summed E-state index contributed by atoms with van der Waals surface area (Å²) in [7, 11) is 0. The molecular weight excluding hydrogens is 212 g/mol. The lowest BCUT2D eigenvalue weighted by atomic mass is 9.99. The minimum Gasteiger partial charge on any atom is -0.348 e. The first kappa shape index (κ1) is 10.8. The lowest BCUT2D eigenvalue weighted by Crippen LogP contribution is -2.43. The summed E-state index contributed by atoms with van der Waals surface area (Å²) >= 11 is 0. The summed E-state index contributed by atoms with van der Waals surface area (Å²) in [6.07, 6.45) is 1.23. The number of hydrogen-bond donors (Lipinski definition) is 1. The number of carbonyl (C=O) groups excluding carboxylic acids is 1. The molecule has 2 fully saturated rings. The molecule has 1 aromatic rings. The monoisotopic (exact) mass is 230 g/mol. The fraction of sp³-hybridized carbons (Fsp3) is 0.500. The average Bonchev–Trinajstić information content (AvgIpc) is 2.91. The lowest BCUT2D eigenvalue weighted by molar-refractivity contribution is 0.0924. The first-order chi connectivity index (χ1) is 8.22. The van der Waals surface area contributed by atoms with Gasteiger partial charge in [0.15, 0.2) is 0 Å². The molecule has 1 N–H and O–H groups in total. The maximum atomic E-state index is 12.1.